The standard InChI is InChI=1S/C13H14FN3O/c1-4-18-10(3)13-9(2)15-17(16-13)12-7-5-11(14)6-8-12/h5-8H,3-4H2,1-2H3. The van der Waals surface area contributed by atoms with E-state index < -0.39 is 0 Å². The summed E-state index contributed by atoms with van der Waals surface area (Å²) in [5.41, 5.74) is 2.02. The van der Waals surface area contributed by atoms with Crippen molar-refractivity contribution in [2.75, 3.05) is 6.61 Å². The first kappa shape index (κ1) is 12.3. The molecule has 0 radical (unpaired) electrons. The highest BCUT2D eigenvalue weighted by Crippen LogP contribution is 2.16. The van der Waals surface area contributed by atoms with E-state index >= 15 is 0 Å². The van der Waals surface area contributed by atoms with Crippen LogP contribution in [0.2, 0.25) is 0 Å². The van der Waals surface area contributed by atoms with E-state index in [-0.39, 0.29) is 5.82 Å². The Labute approximate surface area is 105 Å². The second kappa shape index (κ2) is 5.00. The van der Waals surface area contributed by atoms with Crippen molar-refractivity contribution in [3.8, 4) is 5.69 Å². The van der Waals surface area contributed by atoms with Gasteiger partial charge in [-0.1, -0.05) is 6.58 Å². The molecule has 0 N–H and O–H groups in total. The number of benzene rings is 1. The molecule has 0 bridgehead atoms. The van der Waals surface area contributed by atoms with Gasteiger partial charge in [0.1, 0.15) is 17.3 Å². The van der Waals surface area contributed by atoms with Crippen molar-refractivity contribution < 1.29 is 9.13 Å². The van der Waals surface area contributed by atoms with Crippen LogP contribution in [0.1, 0.15) is 18.3 Å². The average Bonchev–Trinajstić information content (AvgIpc) is 2.72. The molecular weight excluding hydrogens is 233 g/mol. The van der Waals surface area contributed by atoms with Crippen LogP contribution in [0.15, 0.2) is 30.8 Å². The number of rotatable bonds is 4. The van der Waals surface area contributed by atoms with Crippen molar-refractivity contribution >= 4 is 5.76 Å². The quantitative estimate of drug-likeness (QED) is 0.780. The van der Waals surface area contributed by atoms with Crippen molar-refractivity contribution in [2.24, 2.45) is 0 Å². The molecule has 0 atom stereocenters. The minimum Gasteiger partial charge on any atom is -0.492 e. The smallest absolute Gasteiger partial charge is 0.150 e. The Hall–Kier alpha value is -2.17. The predicted octanol–water partition coefficient (Wildman–Crippen LogP) is 2.72. The minimum absolute atomic E-state index is 0.290. The van der Waals surface area contributed by atoms with E-state index in [1.165, 1.54) is 16.9 Å². The SMILES string of the molecule is C=C(OCC)c1nn(-c2ccc(F)cc2)nc1C. The molecule has 0 spiro atoms. The number of hydrogen-bond donors (Lipinski definition) is 0. The highest BCUT2D eigenvalue weighted by atomic mass is 19.1. The minimum atomic E-state index is -0.290. The molecule has 0 aliphatic heterocycles. The zero-order valence-electron chi connectivity index (χ0n) is 10.4. The Balaban J connectivity index is 2.34. The monoisotopic (exact) mass is 247 g/mol. The molecule has 1 aromatic heterocycles. The van der Waals surface area contributed by atoms with Crippen molar-refractivity contribution in [3.05, 3.63) is 48.0 Å². The van der Waals surface area contributed by atoms with Crippen LogP contribution in [0.4, 0.5) is 4.39 Å². The van der Waals surface area contributed by atoms with E-state index in [0.29, 0.717) is 23.7 Å². The maximum absolute atomic E-state index is 12.8. The van der Waals surface area contributed by atoms with Gasteiger partial charge < -0.3 is 4.74 Å². The van der Waals surface area contributed by atoms with Crippen LogP contribution < -0.4 is 0 Å². The number of nitrogens with zero attached hydrogens (tertiary/aromatic N) is 3. The van der Waals surface area contributed by atoms with Crippen LogP contribution in [0, 0.1) is 12.7 Å². The van der Waals surface area contributed by atoms with Crippen molar-refractivity contribution in [1.82, 2.24) is 15.0 Å². The van der Waals surface area contributed by atoms with Gasteiger partial charge >= 0.3 is 0 Å². The molecule has 94 valence electrons. The van der Waals surface area contributed by atoms with Crippen LogP contribution in [-0.2, 0) is 4.74 Å². The van der Waals surface area contributed by atoms with E-state index in [2.05, 4.69) is 16.8 Å². The third kappa shape index (κ3) is 2.40. The van der Waals surface area contributed by atoms with Crippen molar-refractivity contribution in [3.63, 3.8) is 0 Å². The molecule has 2 aromatic rings. The highest BCUT2D eigenvalue weighted by molar-refractivity contribution is 5.55. The Morgan fingerprint density at radius 3 is 2.61 bits per heavy atom. The van der Waals surface area contributed by atoms with Crippen LogP contribution in [0.3, 0.4) is 0 Å². The first-order valence-corrected chi connectivity index (χ1v) is 5.63. The fourth-order valence-electron chi connectivity index (χ4n) is 1.57. The summed E-state index contributed by atoms with van der Waals surface area (Å²) in [6.07, 6.45) is 0. The zero-order chi connectivity index (χ0) is 13.1. The van der Waals surface area contributed by atoms with Gasteiger partial charge in [-0.2, -0.15) is 9.90 Å². The fourth-order valence-corrected chi connectivity index (χ4v) is 1.57. The van der Waals surface area contributed by atoms with E-state index in [4.69, 9.17) is 4.74 Å². The summed E-state index contributed by atoms with van der Waals surface area (Å²) in [6.45, 7) is 8.03. The first-order valence-electron chi connectivity index (χ1n) is 5.63. The molecule has 1 aromatic carbocycles. The molecule has 0 aliphatic carbocycles. The summed E-state index contributed by atoms with van der Waals surface area (Å²) in [4.78, 5) is 1.44. The lowest BCUT2D eigenvalue weighted by Crippen LogP contribution is -1.99. The molecule has 0 saturated heterocycles. The summed E-state index contributed by atoms with van der Waals surface area (Å²) >= 11 is 0. The zero-order valence-corrected chi connectivity index (χ0v) is 10.4. The lowest BCUT2D eigenvalue weighted by Gasteiger charge is -2.02. The Bertz CT molecular complexity index is 560. The molecule has 4 nitrogen and oxygen atoms in total. The Morgan fingerprint density at radius 1 is 1.33 bits per heavy atom. The second-order valence-corrected chi connectivity index (χ2v) is 3.76. The fraction of sp³-hybridized carbons (Fsp3) is 0.231. The van der Waals surface area contributed by atoms with E-state index in [0.717, 1.165) is 5.69 Å². The maximum Gasteiger partial charge on any atom is 0.150 e. The summed E-state index contributed by atoms with van der Waals surface area (Å²) in [5, 5.41) is 8.54. The second-order valence-electron chi connectivity index (χ2n) is 3.76. The molecule has 0 amide bonds. The van der Waals surface area contributed by atoms with Crippen LogP contribution in [0.25, 0.3) is 11.4 Å². The summed E-state index contributed by atoms with van der Waals surface area (Å²) in [7, 11) is 0. The molecule has 1 heterocycles. The van der Waals surface area contributed by atoms with E-state index in [1.807, 2.05) is 13.8 Å². The summed E-state index contributed by atoms with van der Waals surface area (Å²) in [5.74, 6) is 0.199. The number of hydrogen-bond acceptors (Lipinski definition) is 3. The van der Waals surface area contributed by atoms with Crippen LogP contribution >= 0.6 is 0 Å². The van der Waals surface area contributed by atoms with Gasteiger partial charge in [-0.3, -0.25) is 0 Å². The van der Waals surface area contributed by atoms with Crippen molar-refractivity contribution in [2.45, 2.75) is 13.8 Å². The molecule has 0 unspecified atom stereocenters. The summed E-state index contributed by atoms with van der Waals surface area (Å²) in [6, 6.07) is 5.96. The van der Waals surface area contributed by atoms with Gasteiger partial charge in [0.15, 0.2) is 0 Å². The normalized spacial score (nSPS) is 10.4. The molecule has 5 heteroatoms. The lowest BCUT2D eigenvalue weighted by atomic mass is 10.3. The summed E-state index contributed by atoms with van der Waals surface area (Å²) < 4.78 is 18.1. The average molecular weight is 247 g/mol. The maximum atomic E-state index is 12.8. The van der Waals surface area contributed by atoms with Gasteiger partial charge in [0, 0.05) is 0 Å². The Kier molecular flexibility index (Phi) is 3.41. The van der Waals surface area contributed by atoms with Gasteiger partial charge in [-0.15, -0.1) is 5.10 Å². The van der Waals surface area contributed by atoms with Crippen LogP contribution in [-0.4, -0.2) is 21.6 Å². The third-order valence-electron chi connectivity index (χ3n) is 2.42. The van der Waals surface area contributed by atoms with Gasteiger partial charge in [0.2, 0.25) is 0 Å². The van der Waals surface area contributed by atoms with Gasteiger partial charge in [-0.25, -0.2) is 4.39 Å². The van der Waals surface area contributed by atoms with E-state index in [9.17, 15) is 4.39 Å². The third-order valence-corrected chi connectivity index (χ3v) is 2.42. The van der Waals surface area contributed by atoms with Gasteiger partial charge in [0.05, 0.1) is 18.0 Å². The highest BCUT2D eigenvalue weighted by Gasteiger charge is 2.12. The Morgan fingerprint density at radius 2 is 2.00 bits per heavy atom. The topological polar surface area (TPSA) is 39.9 Å². The largest absolute Gasteiger partial charge is 0.492 e. The number of ether oxygens (including phenoxy) is 1. The molecular formula is C13H14FN3O. The van der Waals surface area contributed by atoms with Crippen molar-refractivity contribution in [1.29, 1.82) is 0 Å². The molecule has 2 rings (SSSR count). The number of aromatic nitrogens is 3. The predicted molar refractivity (Wildman–Crippen MR) is 66.7 cm³/mol. The molecule has 0 fully saturated rings. The molecule has 0 aliphatic rings. The van der Waals surface area contributed by atoms with Gasteiger partial charge in [0.25, 0.3) is 0 Å². The first-order chi connectivity index (χ1) is 8.61. The molecule has 18 heavy (non-hydrogen) atoms. The number of aryl methyl sites for hydroxylation is 1. The molecule has 0 saturated carbocycles. The lowest BCUT2D eigenvalue weighted by molar-refractivity contribution is 0.297. The number of halogens is 1. The van der Waals surface area contributed by atoms with E-state index in [1.54, 1.807) is 12.1 Å². The van der Waals surface area contributed by atoms with Crippen LogP contribution in [0.5, 0.6) is 0 Å². The van der Waals surface area contributed by atoms with Gasteiger partial charge in [-0.05, 0) is 38.1 Å².